The van der Waals surface area contributed by atoms with Crippen LogP contribution in [0.2, 0.25) is 0 Å². The number of aliphatic hydroxyl groups excluding tert-OH is 5. The van der Waals surface area contributed by atoms with E-state index in [0.29, 0.717) is 18.4 Å². The predicted molar refractivity (Wildman–Crippen MR) is 106 cm³/mol. The van der Waals surface area contributed by atoms with Crippen molar-refractivity contribution in [2.24, 2.45) is 11.3 Å². The molecule has 0 amide bonds. The Labute approximate surface area is 176 Å². The minimum absolute atomic E-state index is 0.193. The summed E-state index contributed by atoms with van der Waals surface area (Å²) in [7, 11) is 0. The standard InChI is InChI=1S/C21H34O9/c1-11(5-6-21(28)12(2)8-13(23)9-20(21,3)4)7-15(24)30-19-18(27)17(26)16(25)14(10-22)29-19/h5-7,12-14,16-19,22-23,25-28H,8-10H2,1-4H3. The molecule has 30 heavy (non-hydrogen) atoms. The molecule has 0 radical (unpaired) electrons. The molecular formula is C21H34O9. The van der Waals surface area contributed by atoms with Gasteiger partial charge >= 0.3 is 5.97 Å². The van der Waals surface area contributed by atoms with Gasteiger partial charge in [0.25, 0.3) is 0 Å². The predicted octanol–water partition coefficient (Wildman–Crippen LogP) is -0.620. The lowest BCUT2D eigenvalue weighted by Gasteiger charge is -2.50. The molecule has 1 aliphatic carbocycles. The Morgan fingerprint density at radius 3 is 2.37 bits per heavy atom. The summed E-state index contributed by atoms with van der Waals surface area (Å²) in [5.74, 6) is -1.05. The molecule has 0 aromatic rings. The van der Waals surface area contributed by atoms with E-state index in [-0.39, 0.29) is 5.92 Å². The van der Waals surface area contributed by atoms with Crippen molar-refractivity contribution in [3.05, 3.63) is 23.8 Å². The Bertz CT molecular complexity index is 671. The molecule has 0 aromatic heterocycles. The molecule has 2 fully saturated rings. The quantitative estimate of drug-likeness (QED) is 0.190. The highest BCUT2D eigenvalue weighted by Gasteiger charge is 2.50. The maximum Gasteiger partial charge on any atom is 0.333 e. The number of carbonyl (C=O) groups excluding carboxylic acids is 1. The van der Waals surface area contributed by atoms with E-state index in [4.69, 9.17) is 9.47 Å². The summed E-state index contributed by atoms with van der Waals surface area (Å²) < 4.78 is 10.2. The molecule has 1 saturated heterocycles. The van der Waals surface area contributed by atoms with E-state index in [0.717, 1.165) is 6.08 Å². The summed E-state index contributed by atoms with van der Waals surface area (Å²) in [6, 6.07) is 0. The van der Waals surface area contributed by atoms with Gasteiger partial charge in [-0.15, -0.1) is 0 Å². The third-order valence-corrected chi connectivity index (χ3v) is 6.23. The van der Waals surface area contributed by atoms with E-state index >= 15 is 0 Å². The van der Waals surface area contributed by atoms with Gasteiger partial charge in [-0.1, -0.05) is 32.9 Å². The second-order valence-corrected chi connectivity index (χ2v) is 9.06. The number of esters is 1. The number of rotatable bonds is 5. The van der Waals surface area contributed by atoms with Crippen LogP contribution in [-0.4, -0.2) is 85.6 Å². The molecular weight excluding hydrogens is 396 g/mol. The fourth-order valence-electron chi connectivity index (χ4n) is 4.29. The molecule has 172 valence electrons. The maximum atomic E-state index is 12.2. The summed E-state index contributed by atoms with van der Waals surface area (Å²) in [6.07, 6.45) is -2.81. The third-order valence-electron chi connectivity index (χ3n) is 6.23. The molecule has 9 nitrogen and oxygen atoms in total. The van der Waals surface area contributed by atoms with E-state index in [1.807, 2.05) is 20.8 Å². The van der Waals surface area contributed by atoms with Crippen LogP contribution in [0.25, 0.3) is 0 Å². The molecule has 8 atom stereocenters. The summed E-state index contributed by atoms with van der Waals surface area (Å²) >= 11 is 0. The number of hydrogen-bond donors (Lipinski definition) is 6. The third kappa shape index (κ3) is 5.11. The average Bonchev–Trinajstić information content (AvgIpc) is 2.64. The van der Waals surface area contributed by atoms with Gasteiger partial charge in [-0.3, -0.25) is 0 Å². The van der Waals surface area contributed by atoms with Crippen LogP contribution in [0.15, 0.2) is 23.8 Å². The lowest BCUT2D eigenvalue weighted by molar-refractivity contribution is -0.291. The van der Waals surface area contributed by atoms with Crippen LogP contribution in [0.4, 0.5) is 0 Å². The van der Waals surface area contributed by atoms with Crippen molar-refractivity contribution in [2.45, 2.75) is 82.9 Å². The number of carbonyl (C=O) groups is 1. The average molecular weight is 430 g/mol. The van der Waals surface area contributed by atoms with Crippen LogP contribution in [0.3, 0.4) is 0 Å². The summed E-state index contributed by atoms with van der Waals surface area (Å²) in [4.78, 5) is 12.2. The zero-order valence-electron chi connectivity index (χ0n) is 17.8. The fourth-order valence-corrected chi connectivity index (χ4v) is 4.29. The second kappa shape index (κ2) is 9.44. The largest absolute Gasteiger partial charge is 0.430 e. The van der Waals surface area contributed by atoms with E-state index in [1.54, 1.807) is 19.1 Å². The van der Waals surface area contributed by atoms with Gasteiger partial charge in [-0.25, -0.2) is 4.79 Å². The zero-order valence-corrected chi connectivity index (χ0v) is 17.8. The van der Waals surface area contributed by atoms with Crippen LogP contribution < -0.4 is 0 Å². The van der Waals surface area contributed by atoms with Crippen molar-refractivity contribution in [1.82, 2.24) is 0 Å². The molecule has 1 heterocycles. The van der Waals surface area contributed by atoms with Gasteiger partial charge in [0.05, 0.1) is 18.3 Å². The van der Waals surface area contributed by atoms with Crippen molar-refractivity contribution in [2.75, 3.05) is 6.61 Å². The number of allylic oxidation sites excluding steroid dienone is 2. The first-order chi connectivity index (χ1) is 13.8. The maximum absolute atomic E-state index is 12.2. The molecule has 6 N–H and O–H groups in total. The molecule has 0 spiro atoms. The number of hydrogen-bond acceptors (Lipinski definition) is 9. The van der Waals surface area contributed by atoms with Crippen molar-refractivity contribution >= 4 is 5.97 Å². The molecule has 2 aliphatic rings. The normalized spacial score (nSPS) is 42.3. The van der Waals surface area contributed by atoms with Gasteiger partial charge in [0.2, 0.25) is 6.29 Å². The van der Waals surface area contributed by atoms with E-state index in [9.17, 15) is 35.4 Å². The lowest BCUT2D eigenvalue weighted by atomic mass is 9.60. The van der Waals surface area contributed by atoms with Gasteiger partial charge in [-0.05, 0) is 36.7 Å². The Balaban J connectivity index is 2.07. The van der Waals surface area contributed by atoms with Gasteiger partial charge < -0.3 is 40.1 Å². The van der Waals surface area contributed by atoms with Crippen molar-refractivity contribution < 1.29 is 44.9 Å². The minimum atomic E-state index is -1.67. The topological polar surface area (TPSA) is 157 Å². The van der Waals surface area contributed by atoms with Gasteiger partial charge in [0.1, 0.15) is 24.4 Å². The summed E-state index contributed by atoms with van der Waals surface area (Å²) in [6.45, 7) is 6.62. The number of ether oxygens (including phenoxy) is 2. The van der Waals surface area contributed by atoms with Crippen molar-refractivity contribution in [1.29, 1.82) is 0 Å². The molecule has 1 aliphatic heterocycles. The highest BCUT2D eigenvalue weighted by Crippen LogP contribution is 2.48. The van der Waals surface area contributed by atoms with Crippen molar-refractivity contribution in [3.63, 3.8) is 0 Å². The summed E-state index contributed by atoms with van der Waals surface area (Å²) in [5.41, 5.74) is -1.28. The molecule has 0 bridgehead atoms. The first kappa shape index (κ1) is 24.9. The molecule has 0 aromatic carbocycles. The smallest absolute Gasteiger partial charge is 0.333 e. The van der Waals surface area contributed by atoms with E-state index < -0.39 is 60.4 Å². The Morgan fingerprint density at radius 2 is 1.80 bits per heavy atom. The summed E-state index contributed by atoms with van der Waals surface area (Å²) in [5, 5.41) is 59.8. The van der Waals surface area contributed by atoms with Crippen LogP contribution >= 0.6 is 0 Å². The molecule has 2 rings (SSSR count). The Morgan fingerprint density at radius 1 is 1.17 bits per heavy atom. The van der Waals surface area contributed by atoms with Crippen LogP contribution in [-0.2, 0) is 14.3 Å². The first-order valence-electron chi connectivity index (χ1n) is 10.1. The lowest BCUT2D eigenvalue weighted by Crippen LogP contribution is -2.59. The SMILES string of the molecule is CC(C=CC1(O)C(C)CC(O)CC1(C)C)=CC(=O)OC1OC(CO)C(O)C(O)C1O. The van der Waals surface area contributed by atoms with Crippen LogP contribution in [0.1, 0.15) is 40.5 Å². The Kier molecular flexibility index (Phi) is 7.84. The molecule has 1 saturated carbocycles. The first-order valence-corrected chi connectivity index (χ1v) is 10.1. The number of aliphatic hydroxyl groups is 6. The molecule has 9 heteroatoms. The fraction of sp³-hybridized carbons (Fsp3) is 0.762. The van der Waals surface area contributed by atoms with Gasteiger partial charge in [0, 0.05) is 6.08 Å². The monoisotopic (exact) mass is 430 g/mol. The minimum Gasteiger partial charge on any atom is -0.430 e. The van der Waals surface area contributed by atoms with E-state index in [1.165, 1.54) is 0 Å². The highest BCUT2D eigenvalue weighted by atomic mass is 16.7. The van der Waals surface area contributed by atoms with Crippen LogP contribution in [0.5, 0.6) is 0 Å². The van der Waals surface area contributed by atoms with E-state index in [2.05, 4.69) is 0 Å². The van der Waals surface area contributed by atoms with Crippen LogP contribution in [0, 0.1) is 11.3 Å². The zero-order chi connectivity index (χ0) is 22.9. The van der Waals surface area contributed by atoms with Gasteiger partial charge in [0.15, 0.2) is 0 Å². The Hall–Kier alpha value is -1.33. The van der Waals surface area contributed by atoms with Gasteiger partial charge in [-0.2, -0.15) is 0 Å². The highest BCUT2D eigenvalue weighted by molar-refractivity contribution is 5.83. The molecule has 8 unspecified atom stereocenters. The second-order valence-electron chi connectivity index (χ2n) is 9.06. The van der Waals surface area contributed by atoms with Crippen molar-refractivity contribution in [3.8, 4) is 0 Å².